The van der Waals surface area contributed by atoms with Crippen LogP contribution >= 0.6 is 11.6 Å². The van der Waals surface area contributed by atoms with Crippen molar-refractivity contribution in [1.29, 1.82) is 0 Å². The lowest BCUT2D eigenvalue weighted by Crippen LogP contribution is -2.40. The number of hydrogen-bond donors (Lipinski definition) is 1. The summed E-state index contributed by atoms with van der Waals surface area (Å²) in [5.41, 5.74) is 3.32. The lowest BCUT2D eigenvalue weighted by Gasteiger charge is -2.29. The SMILES string of the molecule is Cc1cncc(CNC(C)(CCl)c2ccccc2)c1. The number of benzene rings is 1. The van der Waals surface area contributed by atoms with Gasteiger partial charge in [-0.3, -0.25) is 4.98 Å². The van der Waals surface area contributed by atoms with Gasteiger partial charge in [0, 0.05) is 24.8 Å². The van der Waals surface area contributed by atoms with E-state index in [4.69, 9.17) is 11.6 Å². The Labute approximate surface area is 119 Å². The molecule has 0 amide bonds. The molecular formula is C16H19ClN2. The smallest absolute Gasteiger partial charge is 0.0545 e. The summed E-state index contributed by atoms with van der Waals surface area (Å²) in [5, 5.41) is 3.53. The molecule has 19 heavy (non-hydrogen) atoms. The van der Waals surface area contributed by atoms with Gasteiger partial charge in [-0.05, 0) is 30.5 Å². The maximum absolute atomic E-state index is 6.16. The number of pyridine rings is 1. The first-order valence-corrected chi connectivity index (χ1v) is 6.94. The van der Waals surface area contributed by atoms with Gasteiger partial charge in [-0.15, -0.1) is 11.6 Å². The average molecular weight is 275 g/mol. The van der Waals surface area contributed by atoms with Crippen LogP contribution < -0.4 is 5.32 Å². The molecule has 1 aromatic heterocycles. The molecule has 2 nitrogen and oxygen atoms in total. The van der Waals surface area contributed by atoms with Gasteiger partial charge < -0.3 is 5.32 Å². The summed E-state index contributed by atoms with van der Waals surface area (Å²) in [6.45, 7) is 4.93. The van der Waals surface area contributed by atoms with E-state index in [1.54, 1.807) is 0 Å². The zero-order valence-corrected chi connectivity index (χ0v) is 12.1. The molecule has 0 fully saturated rings. The molecule has 2 rings (SSSR count). The van der Waals surface area contributed by atoms with Crippen LogP contribution in [0.4, 0.5) is 0 Å². The van der Waals surface area contributed by atoms with Crippen LogP contribution in [0.25, 0.3) is 0 Å². The number of nitrogens with zero attached hydrogens (tertiary/aromatic N) is 1. The van der Waals surface area contributed by atoms with E-state index < -0.39 is 0 Å². The first-order valence-electron chi connectivity index (χ1n) is 6.41. The molecule has 1 aromatic carbocycles. The Morgan fingerprint density at radius 1 is 1.21 bits per heavy atom. The molecule has 0 spiro atoms. The van der Waals surface area contributed by atoms with Gasteiger partial charge in [0.2, 0.25) is 0 Å². The molecule has 1 atom stereocenters. The Morgan fingerprint density at radius 2 is 1.95 bits per heavy atom. The van der Waals surface area contributed by atoms with Crippen molar-refractivity contribution < 1.29 is 0 Å². The molecule has 0 saturated carbocycles. The highest BCUT2D eigenvalue weighted by Crippen LogP contribution is 2.22. The van der Waals surface area contributed by atoms with Crippen molar-refractivity contribution in [3.63, 3.8) is 0 Å². The molecule has 0 aliphatic heterocycles. The minimum absolute atomic E-state index is 0.230. The third-order valence-electron chi connectivity index (χ3n) is 3.29. The van der Waals surface area contributed by atoms with E-state index in [-0.39, 0.29) is 5.54 Å². The quantitative estimate of drug-likeness (QED) is 0.842. The van der Waals surface area contributed by atoms with Crippen molar-refractivity contribution in [3.05, 3.63) is 65.5 Å². The van der Waals surface area contributed by atoms with E-state index in [1.165, 1.54) is 16.7 Å². The average Bonchev–Trinajstić information content (AvgIpc) is 2.46. The van der Waals surface area contributed by atoms with Crippen LogP contribution in [0.1, 0.15) is 23.6 Å². The fourth-order valence-electron chi connectivity index (χ4n) is 2.04. The van der Waals surface area contributed by atoms with Crippen LogP contribution in [0.5, 0.6) is 0 Å². The lowest BCUT2D eigenvalue weighted by atomic mass is 9.94. The monoisotopic (exact) mass is 274 g/mol. The van der Waals surface area contributed by atoms with E-state index >= 15 is 0 Å². The molecule has 3 heteroatoms. The number of halogens is 1. The normalized spacial score (nSPS) is 14.1. The third-order valence-corrected chi connectivity index (χ3v) is 3.83. The summed E-state index contributed by atoms with van der Waals surface area (Å²) in [6.07, 6.45) is 3.75. The molecule has 0 radical (unpaired) electrons. The van der Waals surface area contributed by atoms with E-state index in [9.17, 15) is 0 Å². The van der Waals surface area contributed by atoms with Crippen molar-refractivity contribution in [2.75, 3.05) is 5.88 Å². The second-order valence-corrected chi connectivity index (χ2v) is 5.32. The van der Waals surface area contributed by atoms with Gasteiger partial charge >= 0.3 is 0 Å². The van der Waals surface area contributed by atoms with Crippen molar-refractivity contribution in [2.24, 2.45) is 0 Å². The zero-order valence-electron chi connectivity index (χ0n) is 11.4. The molecule has 1 N–H and O–H groups in total. The summed E-state index contributed by atoms with van der Waals surface area (Å²) in [5.74, 6) is 0.524. The number of aryl methyl sites for hydroxylation is 1. The number of alkyl halides is 1. The maximum atomic E-state index is 6.16. The fourth-order valence-corrected chi connectivity index (χ4v) is 2.29. The van der Waals surface area contributed by atoms with Crippen LogP contribution in [0.2, 0.25) is 0 Å². The largest absolute Gasteiger partial charge is 0.302 e. The molecular weight excluding hydrogens is 256 g/mol. The highest BCUT2D eigenvalue weighted by Gasteiger charge is 2.24. The molecule has 100 valence electrons. The number of aromatic nitrogens is 1. The second-order valence-electron chi connectivity index (χ2n) is 5.06. The summed E-state index contributed by atoms with van der Waals surface area (Å²) in [7, 11) is 0. The van der Waals surface area contributed by atoms with Crippen molar-refractivity contribution in [3.8, 4) is 0 Å². The number of rotatable bonds is 5. The van der Waals surface area contributed by atoms with Crippen LogP contribution in [-0.2, 0) is 12.1 Å². The molecule has 0 bridgehead atoms. The van der Waals surface area contributed by atoms with E-state index in [1.807, 2.05) is 30.6 Å². The number of nitrogens with one attached hydrogen (secondary N) is 1. The van der Waals surface area contributed by atoms with Gasteiger partial charge in [0.1, 0.15) is 0 Å². The minimum atomic E-state index is -0.230. The molecule has 1 unspecified atom stereocenters. The highest BCUT2D eigenvalue weighted by atomic mass is 35.5. The van der Waals surface area contributed by atoms with Gasteiger partial charge in [-0.25, -0.2) is 0 Å². The van der Waals surface area contributed by atoms with E-state index in [0.29, 0.717) is 5.88 Å². The maximum Gasteiger partial charge on any atom is 0.0545 e. The van der Waals surface area contributed by atoms with Gasteiger partial charge in [-0.2, -0.15) is 0 Å². The minimum Gasteiger partial charge on any atom is -0.302 e. The van der Waals surface area contributed by atoms with Crippen molar-refractivity contribution in [1.82, 2.24) is 10.3 Å². The lowest BCUT2D eigenvalue weighted by molar-refractivity contribution is 0.406. The Kier molecular flexibility index (Phi) is 4.56. The molecule has 2 aromatic rings. The molecule has 1 heterocycles. The topological polar surface area (TPSA) is 24.9 Å². The first kappa shape index (κ1) is 14.0. The standard InChI is InChI=1S/C16H19ClN2/c1-13-8-14(10-18-9-13)11-19-16(2,12-17)15-6-4-3-5-7-15/h3-10,19H,11-12H2,1-2H3. The van der Waals surface area contributed by atoms with Crippen LogP contribution in [-0.4, -0.2) is 10.9 Å². The number of hydrogen-bond acceptors (Lipinski definition) is 2. The van der Waals surface area contributed by atoms with Gasteiger partial charge in [0.15, 0.2) is 0 Å². The second kappa shape index (κ2) is 6.18. The summed E-state index contributed by atoms with van der Waals surface area (Å²) in [6, 6.07) is 12.4. The third kappa shape index (κ3) is 3.55. The van der Waals surface area contributed by atoms with E-state index in [2.05, 4.69) is 42.3 Å². The fraction of sp³-hybridized carbons (Fsp3) is 0.312. The summed E-state index contributed by atoms with van der Waals surface area (Å²) < 4.78 is 0. The molecule has 0 saturated heterocycles. The van der Waals surface area contributed by atoms with Crippen molar-refractivity contribution in [2.45, 2.75) is 25.9 Å². The van der Waals surface area contributed by atoms with Gasteiger partial charge in [0.05, 0.1) is 5.54 Å². The summed E-state index contributed by atoms with van der Waals surface area (Å²) >= 11 is 6.16. The molecule has 0 aliphatic carbocycles. The van der Waals surface area contributed by atoms with Crippen LogP contribution in [0, 0.1) is 6.92 Å². The van der Waals surface area contributed by atoms with Gasteiger partial charge in [-0.1, -0.05) is 36.4 Å². The predicted molar refractivity (Wildman–Crippen MR) is 80.3 cm³/mol. The summed E-state index contributed by atoms with van der Waals surface area (Å²) in [4.78, 5) is 4.21. The highest BCUT2D eigenvalue weighted by molar-refractivity contribution is 6.18. The van der Waals surface area contributed by atoms with E-state index in [0.717, 1.165) is 6.54 Å². The Balaban J connectivity index is 2.11. The predicted octanol–water partition coefficient (Wildman–Crippen LogP) is 3.63. The molecule has 0 aliphatic rings. The Hall–Kier alpha value is -1.38. The van der Waals surface area contributed by atoms with Crippen molar-refractivity contribution >= 4 is 11.6 Å². The Bertz CT molecular complexity index is 527. The Morgan fingerprint density at radius 3 is 2.58 bits per heavy atom. The van der Waals surface area contributed by atoms with Gasteiger partial charge in [0.25, 0.3) is 0 Å². The van der Waals surface area contributed by atoms with Crippen LogP contribution in [0.3, 0.4) is 0 Å². The zero-order chi connectivity index (χ0) is 13.7. The van der Waals surface area contributed by atoms with Crippen LogP contribution in [0.15, 0.2) is 48.8 Å². The first-order chi connectivity index (χ1) is 9.14.